The van der Waals surface area contributed by atoms with Crippen LogP contribution in [-0.4, -0.2) is 152 Å². The maximum atomic E-state index is 12.4. The molecule has 0 radical (unpaired) electrons. The summed E-state index contributed by atoms with van der Waals surface area (Å²) < 4.78 is 10.2. The molecule has 3 unspecified atom stereocenters. The first kappa shape index (κ1) is 35.0. The largest absolute Gasteiger partial charge is 0.453 e. The van der Waals surface area contributed by atoms with Crippen LogP contribution in [0, 0.1) is 0 Å². The van der Waals surface area contributed by atoms with Gasteiger partial charge in [-0.3, -0.25) is 9.80 Å². The number of ether oxygens (including phenoxy) is 2. The van der Waals surface area contributed by atoms with E-state index in [1.807, 2.05) is 13.8 Å². The number of β-amino-alcohol motifs (C(OH)–C–C–N with tert-alkyl or cyclic N) is 3. The van der Waals surface area contributed by atoms with E-state index in [0.717, 1.165) is 84.2 Å². The first-order chi connectivity index (χ1) is 18.3. The van der Waals surface area contributed by atoms with Crippen LogP contribution < -0.4 is 0 Å². The number of unbranched alkanes of at least 4 members (excludes halogenated alkanes) is 1. The van der Waals surface area contributed by atoms with Gasteiger partial charge in [0.2, 0.25) is 0 Å². The molecule has 0 aromatic heterocycles. The number of amides is 1. The molecule has 10 nitrogen and oxygen atoms in total. The van der Waals surface area contributed by atoms with Gasteiger partial charge in [-0.2, -0.15) is 0 Å². The molecular formula is C28H58N4O6. The summed E-state index contributed by atoms with van der Waals surface area (Å²) in [5.74, 6) is 0. The highest BCUT2D eigenvalue weighted by Gasteiger charge is 2.20. The molecule has 38 heavy (non-hydrogen) atoms. The van der Waals surface area contributed by atoms with E-state index >= 15 is 0 Å². The Bertz CT molecular complexity index is 588. The predicted molar refractivity (Wildman–Crippen MR) is 151 cm³/mol. The first-order valence-electron chi connectivity index (χ1n) is 14.9. The third-order valence-corrected chi connectivity index (χ3v) is 7.40. The highest BCUT2D eigenvalue weighted by molar-refractivity contribution is 5.67. The summed E-state index contributed by atoms with van der Waals surface area (Å²) in [6.07, 6.45) is 5.17. The van der Waals surface area contributed by atoms with Gasteiger partial charge in [-0.25, -0.2) is 4.79 Å². The van der Waals surface area contributed by atoms with E-state index in [2.05, 4.69) is 14.7 Å². The topological polar surface area (TPSA) is 109 Å². The summed E-state index contributed by atoms with van der Waals surface area (Å²) in [4.78, 5) is 21.1. The van der Waals surface area contributed by atoms with Crippen molar-refractivity contribution >= 4 is 6.09 Å². The summed E-state index contributed by atoms with van der Waals surface area (Å²) in [6.45, 7) is 12.7. The van der Waals surface area contributed by atoms with Crippen molar-refractivity contribution in [2.24, 2.45) is 0 Å². The standard InChI is InChI=1S/C28H58N4O6/c1-5-25(33)22-29-13-9-14-30(23-26(34)6-2)19-20-31(24-27(35)12-7-8-21-37-3)16-11-18-32(17-10-15-29)28(36)38-4/h25-27,33-35H,5-24H2,1-4H3. The molecule has 1 aliphatic heterocycles. The van der Waals surface area contributed by atoms with Gasteiger partial charge in [0.25, 0.3) is 0 Å². The Morgan fingerprint density at radius 3 is 1.58 bits per heavy atom. The second-order valence-corrected chi connectivity index (χ2v) is 10.7. The van der Waals surface area contributed by atoms with E-state index in [0.29, 0.717) is 45.8 Å². The van der Waals surface area contributed by atoms with Crippen LogP contribution in [0.1, 0.15) is 65.2 Å². The number of carbonyl (C=O) groups excluding carboxylic acids is 1. The SMILES string of the molecule is CCC(O)CN1CCCN(CC(O)CC)CCN(CC(O)CCCCOC)CCCN(C(=O)OC)CCC1. The minimum absolute atomic E-state index is 0.307. The van der Waals surface area contributed by atoms with Gasteiger partial charge in [0.05, 0.1) is 25.4 Å². The van der Waals surface area contributed by atoms with Gasteiger partial charge >= 0.3 is 6.09 Å². The Kier molecular flexibility index (Phi) is 20.1. The minimum Gasteiger partial charge on any atom is -0.453 e. The number of nitrogens with zero attached hydrogens (tertiary/aromatic N) is 4. The molecule has 1 fully saturated rings. The maximum absolute atomic E-state index is 12.4. The number of carbonyl (C=O) groups is 1. The highest BCUT2D eigenvalue weighted by Crippen LogP contribution is 2.09. The predicted octanol–water partition coefficient (Wildman–Crippen LogP) is 1.86. The lowest BCUT2D eigenvalue weighted by molar-refractivity contribution is 0.0738. The summed E-state index contributed by atoms with van der Waals surface area (Å²) in [5, 5.41) is 31.4. The summed E-state index contributed by atoms with van der Waals surface area (Å²) in [7, 11) is 3.12. The lowest BCUT2D eigenvalue weighted by Crippen LogP contribution is -2.43. The van der Waals surface area contributed by atoms with Crippen molar-refractivity contribution < 1.29 is 29.6 Å². The number of methoxy groups -OCH3 is 2. The lowest BCUT2D eigenvalue weighted by Gasteiger charge is -2.31. The van der Waals surface area contributed by atoms with Gasteiger partial charge in [0, 0.05) is 59.5 Å². The molecule has 0 aromatic rings. The second kappa shape index (κ2) is 21.8. The van der Waals surface area contributed by atoms with Crippen molar-refractivity contribution in [2.45, 2.75) is 83.5 Å². The van der Waals surface area contributed by atoms with E-state index < -0.39 is 6.10 Å². The average molecular weight is 547 g/mol. The Morgan fingerprint density at radius 1 is 0.684 bits per heavy atom. The van der Waals surface area contributed by atoms with Crippen LogP contribution in [0.3, 0.4) is 0 Å². The fourth-order valence-corrected chi connectivity index (χ4v) is 4.95. The summed E-state index contributed by atoms with van der Waals surface area (Å²) in [6, 6.07) is 0. The number of hydrogen-bond acceptors (Lipinski definition) is 9. The molecule has 1 rings (SSSR count). The molecule has 1 aliphatic rings. The van der Waals surface area contributed by atoms with Crippen molar-refractivity contribution in [1.82, 2.24) is 19.6 Å². The van der Waals surface area contributed by atoms with Crippen LogP contribution in [0.2, 0.25) is 0 Å². The van der Waals surface area contributed by atoms with Crippen LogP contribution in [0.15, 0.2) is 0 Å². The molecule has 1 heterocycles. The van der Waals surface area contributed by atoms with Gasteiger partial charge < -0.3 is 34.6 Å². The molecule has 0 aromatic carbocycles. The van der Waals surface area contributed by atoms with Crippen LogP contribution in [0.25, 0.3) is 0 Å². The average Bonchev–Trinajstić information content (AvgIpc) is 2.91. The number of aliphatic hydroxyl groups excluding tert-OH is 3. The molecule has 3 atom stereocenters. The van der Waals surface area contributed by atoms with Crippen molar-refractivity contribution in [3.8, 4) is 0 Å². The van der Waals surface area contributed by atoms with Gasteiger partial charge in [-0.05, 0) is 77.5 Å². The molecule has 0 saturated carbocycles. The van der Waals surface area contributed by atoms with E-state index in [-0.39, 0.29) is 18.3 Å². The smallest absolute Gasteiger partial charge is 0.409 e. The fourth-order valence-electron chi connectivity index (χ4n) is 4.95. The number of rotatable bonds is 13. The van der Waals surface area contributed by atoms with Gasteiger partial charge in [-0.1, -0.05) is 13.8 Å². The molecule has 0 bridgehead atoms. The summed E-state index contributed by atoms with van der Waals surface area (Å²) in [5.41, 5.74) is 0. The van der Waals surface area contributed by atoms with E-state index in [1.54, 1.807) is 12.0 Å². The van der Waals surface area contributed by atoms with Crippen molar-refractivity contribution in [3.05, 3.63) is 0 Å². The maximum Gasteiger partial charge on any atom is 0.409 e. The van der Waals surface area contributed by atoms with Crippen molar-refractivity contribution in [2.75, 3.05) is 92.8 Å². The summed E-state index contributed by atoms with van der Waals surface area (Å²) >= 11 is 0. The number of hydrogen-bond donors (Lipinski definition) is 3. The zero-order valence-electron chi connectivity index (χ0n) is 24.7. The fraction of sp³-hybridized carbons (Fsp3) is 0.964. The normalized spacial score (nSPS) is 20.9. The van der Waals surface area contributed by atoms with Crippen LogP contribution in [0.4, 0.5) is 4.79 Å². The molecular weight excluding hydrogens is 488 g/mol. The first-order valence-corrected chi connectivity index (χ1v) is 14.9. The van der Waals surface area contributed by atoms with Crippen molar-refractivity contribution in [3.63, 3.8) is 0 Å². The van der Waals surface area contributed by atoms with E-state index in [1.165, 1.54) is 7.11 Å². The third-order valence-electron chi connectivity index (χ3n) is 7.40. The third kappa shape index (κ3) is 16.2. The second-order valence-electron chi connectivity index (χ2n) is 10.7. The van der Waals surface area contributed by atoms with Crippen LogP contribution in [0.5, 0.6) is 0 Å². The van der Waals surface area contributed by atoms with E-state index in [9.17, 15) is 20.1 Å². The molecule has 3 N–H and O–H groups in total. The monoisotopic (exact) mass is 546 g/mol. The van der Waals surface area contributed by atoms with E-state index in [4.69, 9.17) is 9.47 Å². The van der Waals surface area contributed by atoms with Gasteiger partial charge in [-0.15, -0.1) is 0 Å². The molecule has 1 amide bonds. The Balaban J connectivity index is 2.93. The lowest BCUT2D eigenvalue weighted by atomic mass is 10.1. The van der Waals surface area contributed by atoms with Crippen LogP contribution in [-0.2, 0) is 9.47 Å². The zero-order valence-corrected chi connectivity index (χ0v) is 24.7. The molecule has 1 saturated heterocycles. The Hall–Kier alpha value is -1.01. The molecule has 226 valence electrons. The molecule has 0 spiro atoms. The Labute approximate surface area is 231 Å². The number of aliphatic hydroxyl groups is 3. The minimum atomic E-state index is -0.404. The quantitative estimate of drug-likeness (QED) is 0.298. The van der Waals surface area contributed by atoms with Gasteiger partial charge in [0.15, 0.2) is 0 Å². The molecule has 0 aliphatic carbocycles. The van der Waals surface area contributed by atoms with Gasteiger partial charge in [0.1, 0.15) is 0 Å². The highest BCUT2D eigenvalue weighted by atomic mass is 16.5. The Morgan fingerprint density at radius 2 is 1.13 bits per heavy atom. The zero-order chi connectivity index (χ0) is 28.2. The van der Waals surface area contributed by atoms with Crippen LogP contribution >= 0.6 is 0 Å². The van der Waals surface area contributed by atoms with Crippen molar-refractivity contribution in [1.29, 1.82) is 0 Å². The molecule has 10 heteroatoms.